The van der Waals surface area contributed by atoms with E-state index in [0.29, 0.717) is 43.6 Å². The van der Waals surface area contributed by atoms with E-state index in [1.807, 2.05) is 30.3 Å². The van der Waals surface area contributed by atoms with Crippen LogP contribution in [0, 0.1) is 0 Å². The highest BCUT2D eigenvalue weighted by atomic mass is 35.5. The van der Waals surface area contributed by atoms with Crippen LogP contribution in [-0.4, -0.2) is 48.0 Å². The normalized spacial score (nSPS) is 19.5. The highest BCUT2D eigenvalue weighted by molar-refractivity contribution is 6.31. The summed E-state index contributed by atoms with van der Waals surface area (Å²) in [6, 6.07) is 9.32. The number of pyridine rings is 1. The molecule has 2 saturated heterocycles. The number of hydrogen-bond donors (Lipinski definition) is 0. The average molecular weight is 412 g/mol. The number of amides is 2. The van der Waals surface area contributed by atoms with Gasteiger partial charge in [0.25, 0.3) is 0 Å². The zero-order chi connectivity index (χ0) is 20.4. The van der Waals surface area contributed by atoms with Crippen molar-refractivity contribution in [3.63, 3.8) is 0 Å². The molecule has 3 heterocycles. The van der Waals surface area contributed by atoms with Crippen LogP contribution in [0.2, 0.25) is 5.02 Å². The van der Waals surface area contributed by atoms with Crippen molar-refractivity contribution in [1.82, 2.24) is 9.88 Å². The number of carbonyl (C=O) groups excluding carboxylic acids is 2. The largest absolute Gasteiger partial charge is 0.377 e. The van der Waals surface area contributed by atoms with E-state index in [2.05, 4.69) is 11.6 Å². The van der Waals surface area contributed by atoms with Gasteiger partial charge in [0, 0.05) is 30.7 Å². The molecular weight excluding hydrogens is 390 g/mol. The molecule has 150 valence electrons. The number of morpholine rings is 1. The molecule has 29 heavy (non-hydrogen) atoms. The molecule has 4 rings (SSSR count). The van der Waals surface area contributed by atoms with Crippen molar-refractivity contribution in [2.45, 2.75) is 18.9 Å². The first-order chi connectivity index (χ1) is 14.1. The minimum absolute atomic E-state index is 0.0966. The van der Waals surface area contributed by atoms with Crippen molar-refractivity contribution in [2.75, 3.05) is 31.2 Å². The van der Waals surface area contributed by atoms with E-state index < -0.39 is 0 Å². The first-order valence-corrected chi connectivity index (χ1v) is 10.0. The zero-order valence-electron chi connectivity index (χ0n) is 16.0. The van der Waals surface area contributed by atoms with Gasteiger partial charge in [0.15, 0.2) is 0 Å². The Morgan fingerprint density at radius 2 is 2.10 bits per heavy atom. The predicted molar refractivity (Wildman–Crippen MR) is 112 cm³/mol. The van der Waals surface area contributed by atoms with Gasteiger partial charge in [0.2, 0.25) is 11.8 Å². The van der Waals surface area contributed by atoms with Crippen molar-refractivity contribution in [3.05, 3.63) is 59.8 Å². The third kappa shape index (κ3) is 4.04. The Balaban J connectivity index is 1.69. The van der Waals surface area contributed by atoms with Gasteiger partial charge >= 0.3 is 0 Å². The van der Waals surface area contributed by atoms with Crippen LogP contribution >= 0.6 is 11.6 Å². The van der Waals surface area contributed by atoms with E-state index in [-0.39, 0.29) is 17.9 Å². The number of aromatic nitrogens is 1. The lowest BCUT2D eigenvalue weighted by atomic mass is 9.98. The van der Waals surface area contributed by atoms with Crippen molar-refractivity contribution < 1.29 is 14.3 Å². The second-order valence-electron chi connectivity index (χ2n) is 7.15. The van der Waals surface area contributed by atoms with Gasteiger partial charge in [0.1, 0.15) is 5.82 Å². The average Bonchev–Trinajstić information content (AvgIpc) is 3.18. The van der Waals surface area contributed by atoms with E-state index in [0.717, 1.165) is 23.1 Å². The number of benzene rings is 1. The SMILES string of the molecule is C=CC(=O)N1CCOC[C@H]1c1cc(Cl)cc(-c2ccnc(N3CCCC3=O)c2)c1. The molecule has 0 radical (unpaired) electrons. The third-order valence-corrected chi connectivity index (χ3v) is 5.54. The fraction of sp³-hybridized carbons (Fsp3) is 0.318. The molecule has 1 aromatic heterocycles. The molecule has 0 unspecified atom stereocenters. The van der Waals surface area contributed by atoms with E-state index in [1.165, 1.54) is 6.08 Å². The molecule has 0 saturated carbocycles. The molecule has 1 aromatic carbocycles. The van der Waals surface area contributed by atoms with Gasteiger partial charge in [-0.2, -0.15) is 0 Å². The molecule has 2 amide bonds. The van der Waals surface area contributed by atoms with Crippen LogP contribution in [-0.2, 0) is 14.3 Å². The van der Waals surface area contributed by atoms with Crippen LogP contribution in [0.25, 0.3) is 11.1 Å². The maximum atomic E-state index is 12.3. The zero-order valence-corrected chi connectivity index (χ0v) is 16.8. The number of anilines is 1. The lowest BCUT2D eigenvalue weighted by molar-refractivity contribution is -0.134. The first kappa shape index (κ1) is 19.6. The number of ether oxygens (including phenoxy) is 1. The summed E-state index contributed by atoms with van der Waals surface area (Å²) in [5, 5.41) is 0.574. The molecule has 2 aliphatic heterocycles. The molecular formula is C22H22ClN3O3. The Morgan fingerprint density at radius 3 is 2.86 bits per heavy atom. The molecule has 2 aromatic rings. The minimum Gasteiger partial charge on any atom is -0.377 e. The van der Waals surface area contributed by atoms with E-state index in [9.17, 15) is 9.59 Å². The monoisotopic (exact) mass is 411 g/mol. The standard InChI is InChI=1S/C22H22ClN3O3/c1-2-21(27)25-8-9-29-14-19(25)17-10-16(11-18(23)12-17)15-5-6-24-20(13-15)26-7-3-4-22(26)28/h2,5-6,10-13,19H,1,3-4,7-9,14H2/t19-/m0/s1. The molecule has 2 fully saturated rings. The van der Waals surface area contributed by atoms with Crippen molar-refractivity contribution in [2.24, 2.45) is 0 Å². The number of carbonyl (C=O) groups is 2. The Hall–Kier alpha value is -2.70. The van der Waals surface area contributed by atoms with Gasteiger partial charge in [-0.15, -0.1) is 0 Å². The lowest BCUT2D eigenvalue weighted by Crippen LogP contribution is -2.42. The summed E-state index contributed by atoms with van der Waals surface area (Å²) in [6.07, 6.45) is 4.43. The van der Waals surface area contributed by atoms with Crippen molar-refractivity contribution in [1.29, 1.82) is 0 Å². The number of nitrogens with zero attached hydrogens (tertiary/aromatic N) is 3. The lowest BCUT2D eigenvalue weighted by Gasteiger charge is -2.35. The van der Waals surface area contributed by atoms with E-state index in [4.69, 9.17) is 16.3 Å². The smallest absolute Gasteiger partial charge is 0.246 e. The summed E-state index contributed by atoms with van der Waals surface area (Å²) in [4.78, 5) is 32.2. The van der Waals surface area contributed by atoms with Gasteiger partial charge in [-0.3, -0.25) is 14.5 Å². The van der Waals surface area contributed by atoms with Crippen molar-refractivity contribution in [3.8, 4) is 11.1 Å². The topological polar surface area (TPSA) is 62.7 Å². The Kier molecular flexibility index (Phi) is 5.65. The van der Waals surface area contributed by atoms with Gasteiger partial charge in [-0.25, -0.2) is 4.98 Å². The maximum Gasteiger partial charge on any atom is 0.246 e. The van der Waals surface area contributed by atoms with Crippen LogP contribution in [0.3, 0.4) is 0 Å². The quantitative estimate of drug-likeness (QED) is 0.721. The van der Waals surface area contributed by atoms with Crippen LogP contribution < -0.4 is 4.90 Å². The van der Waals surface area contributed by atoms with Gasteiger partial charge in [-0.1, -0.05) is 18.2 Å². The summed E-state index contributed by atoms with van der Waals surface area (Å²) in [5.41, 5.74) is 2.72. The van der Waals surface area contributed by atoms with Gasteiger partial charge < -0.3 is 9.64 Å². The highest BCUT2D eigenvalue weighted by Gasteiger charge is 2.28. The molecule has 1 atom stereocenters. The number of rotatable bonds is 4. The Morgan fingerprint density at radius 1 is 1.24 bits per heavy atom. The molecule has 0 aliphatic carbocycles. The summed E-state index contributed by atoms with van der Waals surface area (Å²) >= 11 is 6.43. The summed E-state index contributed by atoms with van der Waals surface area (Å²) in [6.45, 7) is 5.71. The van der Waals surface area contributed by atoms with Crippen LogP contribution in [0.5, 0.6) is 0 Å². The van der Waals surface area contributed by atoms with Gasteiger partial charge in [-0.05, 0) is 59.5 Å². The van der Waals surface area contributed by atoms with Crippen LogP contribution in [0.4, 0.5) is 5.82 Å². The maximum absolute atomic E-state index is 12.3. The van der Waals surface area contributed by atoms with Crippen LogP contribution in [0.15, 0.2) is 49.2 Å². The highest BCUT2D eigenvalue weighted by Crippen LogP contribution is 2.33. The minimum atomic E-state index is -0.229. The predicted octanol–water partition coefficient (Wildman–Crippen LogP) is 3.61. The van der Waals surface area contributed by atoms with Crippen molar-refractivity contribution >= 4 is 29.2 Å². The van der Waals surface area contributed by atoms with E-state index >= 15 is 0 Å². The second-order valence-corrected chi connectivity index (χ2v) is 7.59. The number of hydrogen-bond acceptors (Lipinski definition) is 4. The summed E-state index contributed by atoms with van der Waals surface area (Å²) in [5.74, 6) is 0.619. The first-order valence-electron chi connectivity index (χ1n) is 9.65. The summed E-state index contributed by atoms with van der Waals surface area (Å²) < 4.78 is 5.62. The molecule has 7 heteroatoms. The third-order valence-electron chi connectivity index (χ3n) is 5.32. The molecule has 0 bridgehead atoms. The fourth-order valence-corrected chi connectivity index (χ4v) is 4.11. The second kappa shape index (κ2) is 8.35. The molecule has 0 N–H and O–H groups in total. The summed E-state index contributed by atoms with van der Waals surface area (Å²) in [7, 11) is 0. The van der Waals surface area contributed by atoms with Gasteiger partial charge in [0.05, 0.1) is 19.3 Å². The molecule has 6 nitrogen and oxygen atoms in total. The molecule has 0 spiro atoms. The van der Waals surface area contributed by atoms with Crippen LogP contribution in [0.1, 0.15) is 24.4 Å². The Labute approximate surface area is 174 Å². The Bertz CT molecular complexity index is 962. The molecule has 2 aliphatic rings. The fourth-order valence-electron chi connectivity index (χ4n) is 3.87. The van der Waals surface area contributed by atoms with E-state index in [1.54, 1.807) is 16.0 Å². The number of halogens is 1.